The predicted octanol–water partition coefficient (Wildman–Crippen LogP) is 7.79. The minimum Gasteiger partial charge on any atom is -0.508 e. The zero-order valence-corrected chi connectivity index (χ0v) is 22.6. The van der Waals surface area contributed by atoms with Crippen molar-refractivity contribution in [2.45, 2.75) is 96.0 Å². The van der Waals surface area contributed by atoms with E-state index in [-0.39, 0.29) is 10.8 Å². The highest BCUT2D eigenvalue weighted by Crippen LogP contribution is 2.43. The number of phenols is 1. The maximum atomic E-state index is 10.8. The molecule has 0 saturated heterocycles. The van der Waals surface area contributed by atoms with Crippen LogP contribution in [0.3, 0.4) is 0 Å². The van der Waals surface area contributed by atoms with Crippen LogP contribution < -0.4 is 5.19 Å². The number of hydrogen-bond acceptors (Lipinski definition) is 2. The Morgan fingerprint density at radius 3 is 1.73 bits per heavy atom. The van der Waals surface area contributed by atoms with Gasteiger partial charge in [-0.2, -0.15) is 0 Å². The molecule has 2 rings (SSSR count). The monoisotopic (exact) mass is 442 g/mol. The van der Waals surface area contributed by atoms with Crippen molar-refractivity contribution in [3.63, 3.8) is 0 Å². The molecule has 166 valence electrons. The molecule has 30 heavy (non-hydrogen) atoms. The van der Waals surface area contributed by atoms with Crippen molar-refractivity contribution in [1.29, 1.82) is 0 Å². The van der Waals surface area contributed by atoms with Crippen LogP contribution in [0.4, 0.5) is 0 Å². The number of rotatable bonds is 6. The summed E-state index contributed by atoms with van der Waals surface area (Å²) in [7, 11) is -1.77. The summed E-state index contributed by atoms with van der Waals surface area (Å²) in [5.41, 5.74) is 3.51. The molecule has 0 aliphatic carbocycles. The average molecular weight is 443 g/mol. The maximum Gasteiger partial charge on any atom is 0.119 e. The number of hydrogen-bond donors (Lipinski definition) is 1. The summed E-state index contributed by atoms with van der Waals surface area (Å²) in [5, 5.41) is 13.5. The van der Waals surface area contributed by atoms with E-state index in [0.29, 0.717) is 16.8 Å². The van der Waals surface area contributed by atoms with Gasteiger partial charge in [-0.1, -0.05) is 105 Å². The van der Waals surface area contributed by atoms with Crippen LogP contribution in [0.15, 0.2) is 47.4 Å². The second-order valence-corrected chi connectivity index (χ2v) is 18.2. The summed E-state index contributed by atoms with van der Waals surface area (Å²) < 4.78 is 0. The molecule has 0 radical (unpaired) electrons. The molecule has 1 nitrogen and oxygen atoms in total. The average Bonchev–Trinajstić information content (AvgIpc) is 2.61. The van der Waals surface area contributed by atoms with Crippen molar-refractivity contribution < 1.29 is 5.11 Å². The zero-order valence-electron chi connectivity index (χ0n) is 20.8. The Bertz CT molecular complexity index is 834. The fourth-order valence-electron chi connectivity index (χ4n) is 4.57. The minimum atomic E-state index is -1.77. The normalized spacial score (nSPS) is 13.3. The van der Waals surface area contributed by atoms with Crippen LogP contribution >= 0.6 is 11.8 Å². The van der Waals surface area contributed by atoms with Gasteiger partial charge in [-0.15, -0.1) is 11.8 Å². The van der Waals surface area contributed by atoms with Gasteiger partial charge < -0.3 is 5.11 Å². The van der Waals surface area contributed by atoms with E-state index in [4.69, 9.17) is 0 Å². The van der Waals surface area contributed by atoms with E-state index in [1.54, 1.807) is 5.19 Å². The first kappa shape index (κ1) is 25.1. The van der Waals surface area contributed by atoms with Gasteiger partial charge in [0.05, 0.1) is 0 Å². The Hall–Kier alpha value is -1.19. The van der Waals surface area contributed by atoms with Gasteiger partial charge >= 0.3 is 0 Å². The third-order valence-corrected chi connectivity index (χ3v) is 15.2. The summed E-state index contributed by atoms with van der Waals surface area (Å²) >= 11 is 2.02. The van der Waals surface area contributed by atoms with Crippen LogP contribution in [0.25, 0.3) is 0 Å². The van der Waals surface area contributed by atoms with Crippen molar-refractivity contribution in [2.75, 3.05) is 5.38 Å². The highest BCUT2D eigenvalue weighted by molar-refractivity contribution is 8.01. The molecule has 0 unspecified atom stereocenters. The first-order valence-electron chi connectivity index (χ1n) is 11.3. The molecule has 0 spiro atoms. The highest BCUT2D eigenvalue weighted by Gasteiger charge is 2.41. The second-order valence-electron chi connectivity index (χ2n) is 11.4. The topological polar surface area (TPSA) is 20.2 Å². The first-order valence-corrected chi connectivity index (χ1v) is 14.6. The predicted molar refractivity (Wildman–Crippen MR) is 138 cm³/mol. The molecule has 0 heterocycles. The number of aromatic hydroxyl groups is 1. The molecule has 0 saturated carbocycles. The summed E-state index contributed by atoms with van der Waals surface area (Å²) in [4.78, 5) is 1.33. The fraction of sp³-hybridized carbons (Fsp3) is 0.556. The number of benzene rings is 2. The summed E-state index contributed by atoms with van der Waals surface area (Å²) in [5.74, 6) is 0.427. The zero-order chi connectivity index (χ0) is 22.9. The Balaban J connectivity index is 2.59. The minimum absolute atomic E-state index is 0.0111. The van der Waals surface area contributed by atoms with E-state index in [1.807, 2.05) is 17.8 Å². The van der Waals surface area contributed by atoms with Gasteiger partial charge in [-0.05, 0) is 45.0 Å². The standard InChI is InChI=1S/C27H42OSSi/c1-19(2)30(20(3)4,21-14-12-11-13-15-21)18-29-25-17-22(26(5,6)7)24(28)16-23(25)27(8,9)10/h11-17,19-20,28H,18H2,1-10H3. The van der Waals surface area contributed by atoms with Crippen molar-refractivity contribution in [2.24, 2.45) is 0 Å². The molecule has 3 heteroatoms. The van der Waals surface area contributed by atoms with Crippen LogP contribution in [-0.2, 0) is 10.8 Å². The molecular weight excluding hydrogens is 400 g/mol. The Morgan fingerprint density at radius 1 is 0.800 bits per heavy atom. The Labute approximate surface area is 190 Å². The second kappa shape index (κ2) is 9.12. The van der Waals surface area contributed by atoms with Gasteiger partial charge in [-0.3, -0.25) is 0 Å². The highest BCUT2D eigenvalue weighted by atomic mass is 32.2. The smallest absolute Gasteiger partial charge is 0.119 e. The van der Waals surface area contributed by atoms with Crippen molar-refractivity contribution >= 4 is 25.0 Å². The number of phenolic OH excluding ortho intramolecular Hbond substituents is 1. The Kier molecular flexibility index (Phi) is 7.62. The van der Waals surface area contributed by atoms with Crippen LogP contribution in [-0.4, -0.2) is 18.6 Å². The van der Waals surface area contributed by atoms with Crippen LogP contribution in [0.2, 0.25) is 11.1 Å². The van der Waals surface area contributed by atoms with Gasteiger partial charge in [0.2, 0.25) is 0 Å². The largest absolute Gasteiger partial charge is 0.508 e. The van der Waals surface area contributed by atoms with E-state index in [1.165, 1.54) is 10.5 Å². The van der Waals surface area contributed by atoms with Crippen LogP contribution in [0.5, 0.6) is 5.75 Å². The molecule has 0 atom stereocenters. The molecule has 1 N–H and O–H groups in total. The van der Waals surface area contributed by atoms with E-state index in [0.717, 1.165) is 10.9 Å². The van der Waals surface area contributed by atoms with E-state index >= 15 is 0 Å². The SMILES string of the molecule is CC(C)[Si](CSc1cc(C(C)(C)C)c(O)cc1C(C)(C)C)(c1ccccc1)C(C)C. The lowest BCUT2D eigenvalue weighted by Gasteiger charge is -2.40. The maximum absolute atomic E-state index is 10.8. The summed E-state index contributed by atoms with van der Waals surface area (Å²) in [6.45, 7) is 22.9. The van der Waals surface area contributed by atoms with Crippen LogP contribution in [0, 0.1) is 0 Å². The third kappa shape index (κ3) is 5.16. The molecule has 2 aromatic carbocycles. The van der Waals surface area contributed by atoms with Crippen molar-refractivity contribution in [3.8, 4) is 5.75 Å². The molecule has 0 aromatic heterocycles. The van der Waals surface area contributed by atoms with Gasteiger partial charge in [0.15, 0.2) is 0 Å². The van der Waals surface area contributed by atoms with Crippen molar-refractivity contribution in [3.05, 3.63) is 53.6 Å². The molecule has 0 aliphatic rings. The Morgan fingerprint density at radius 2 is 1.30 bits per heavy atom. The van der Waals surface area contributed by atoms with Crippen molar-refractivity contribution in [1.82, 2.24) is 0 Å². The molecular formula is C27H42OSSi. The fourth-order valence-corrected chi connectivity index (χ4v) is 13.7. The van der Waals surface area contributed by atoms with Gasteiger partial charge in [0, 0.05) is 10.5 Å². The molecule has 0 bridgehead atoms. The lowest BCUT2D eigenvalue weighted by molar-refractivity contribution is 0.441. The first-order chi connectivity index (χ1) is 13.7. The molecule has 2 aromatic rings. The van der Waals surface area contributed by atoms with Crippen LogP contribution in [0.1, 0.15) is 80.4 Å². The van der Waals surface area contributed by atoms with E-state index < -0.39 is 8.07 Å². The van der Waals surface area contributed by atoms with Gasteiger partial charge in [0.25, 0.3) is 0 Å². The summed E-state index contributed by atoms with van der Waals surface area (Å²) in [6, 6.07) is 15.5. The summed E-state index contributed by atoms with van der Waals surface area (Å²) in [6.07, 6.45) is 0. The van der Waals surface area contributed by atoms with Gasteiger partial charge in [-0.25, -0.2) is 0 Å². The van der Waals surface area contributed by atoms with E-state index in [2.05, 4.69) is 106 Å². The van der Waals surface area contributed by atoms with Gasteiger partial charge in [0.1, 0.15) is 13.8 Å². The molecule has 0 amide bonds. The lowest BCUT2D eigenvalue weighted by Crippen LogP contribution is -2.55. The lowest BCUT2D eigenvalue weighted by atomic mass is 9.81. The number of thioether (sulfide) groups is 1. The quantitative estimate of drug-likeness (QED) is 0.364. The molecule has 0 fully saturated rings. The van der Waals surface area contributed by atoms with E-state index in [9.17, 15) is 5.11 Å². The third-order valence-electron chi connectivity index (χ3n) is 6.55. The molecule has 0 aliphatic heterocycles.